The highest BCUT2D eigenvalue weighted by molar-refractivity contribution is 5.97. The smallest absolute Gasteiger partial charge is 0.243 e. The van der Waals surface area contributed by atoms with E-state index in [1.165, 1.54) is 0 Å². The van der Waals surface area contributed by atoms with Gasteiger partial charge < -0.3 is 10.2 Å². The van der Waals surface area contributed by atoms with Crippen LogP contribution in [-0.2, 0) is 10.2 Å². The maximum Gasteiger partial charge on any atom is 0.243 e. The molecule has 1 saturated heterocycles. The van der Waals surface area contributed by atoms with Crippen LogP contribution in [0.4, 0.5) is 5.69 Å². The van der Waals surface area contributed by atoms with Crippen LogP contribution in [0.15, 0.2) is 18.3 Å². The molecule has 2 heterocycles. The number of rotatable bonds is 1. The Hall–Kier alpha value is -1.42. The molecular formula is C14H21N3O. The van der Waals surface area contributed by atoms with Crippen LogP contribution < -0.4 is 10.2 Å². The lowest BCUT2D eigenvalue weighted by molar-refractivity contribution is -0.121. The molecule has 0 aromatic carbocycles. The summed E-state index contributed by atoms with van der Waals surface area (Å²) in [5.74, 6) is 0.117. The van der Waals surface area contributed by atoms with E-state index in [2.05, 4.69) is 31.1 Å². The minimum absolute atomic E-state index is 0.0410. The first-order valence-electron chi connectivity index (χ1n) is 6.41. The van der Waals surface area contributed by atoms with Crippen LogP contribution in [0, 0.1) is 0 Å². The van der Waals surface area contributed by atoms with Gasteiger partial charge in [-0.3, -0.25) is 9.78 Å². The van der Waals surface area contributed by atoms with Crippen molar-refractivity contribution in [2.75, 3.05) is 18.0 Å². The molecule has 1 aromatic heterocycles. The van der Waals surface area contributed by atoms with Crippen molar-refractivity contribution in [1.29, 1.82) is 0 Å². The van der Waals surface area contributed by atoms with Gasteiger partial charge in [-0.1, -0.05) is 20.8 Å². The molecule has 1 fully saturated rings. The van der Waals surface area contributed by atoms with E-state index >= 15 is 0 Å². The van der Waals surface area contributed by atoms with Crippen LogP contribution in [0.25, 0.3) is 0 Å². The van der Waals surface area contributed by atoms with Crippen LogP contribution in [0.2, 0.25) is 0 Å². The number of hydrogen-bond donors (Lipinski definition) is 1. The Morgan fingerprint density at radius 1 is 1.39 bits per heavy atom. The third-order valence-electron chi connectivity index (χ3n) is 3.25. The molecule has 98 valence electrons. The predicted octanol–water partition coefficient (Wildman–Crippen LogP) is 1.70. The van der Waals surface area contributed by atoms with Crippen molar-refractivity contribution in [2.45, 2.75) is 39.2 Å². The highest BCUT2D eigenvalue weighted by atomic mass is 16.2. The summed E-state index contributed by atoms with van der Waals surface area (Å²) in [6.45, 7) is 9.83. The number of amides is 1. The van der Waals surface area contributed by atoms with Gasteiger partial charge in [-0.2, -0.15) is 0 Å². The number of nitrogens with zero attached hydrogens (tertiary/aromatic N) is 2. The van der Waals surface area contributed by atoms with Crippen LogP contribution >= 0.6 is 0 Å². The number of pyridine rings is 1. The Bertz CT molecular complexity index is 433. The molecule has 0 saturated carbocycles. The van der Waals surface area contributed by atoms with E-state index in [-0.39, 0.29) is 17.4 Å². The van der Waals surface area contributed by atoms with Gasteiger partial charge in [0.15, 0.2) is 0 Å². The van der Waals surface area contributed by atoms with Crippen molar-refractivity contribution in [3.05, 3.63) is 24.0 Å². The van der Waals surface area contributed by atoms with Crippen LogP contribution in [0.1, 0.15) is 33.4 Å². The summed E-state index contributed by atoms with van der Waals surface area (Å²) in [5, 5.41) is 3.16. The maximum atomic E-state index is 12.0. The summed E-state index contributed by atoms with van der Waals surface area (Å²) in [5.41, 5.74) is 1.97. The standard InChI is InChI=1S/C14H21N3O/c1-10-13(18)17(8-7-15-10)11-5-6-12(16-9-11)14(2,3)4/h5-6,9-10,15H,7-8H2,1-4H3/t10-/m1/s1. The normalized spacial score (nSPS) is 21.2. The molecule has 0 bridgehead atoms. The van der Waals surface area contributed by atoms with Gasteiger partial charge in [-0.05, 0) is 19.1 Å². The molecule has 1 aromatic rings. The first-order chi connectivity index (χ1) is 8.39. The van der Waals surface area contributed by atoms with Gasteiger partial charge in [-0.15, -0.1) is 0 Å². The fraction of sp³-hybridized carbons (Fsp3) is 0.571. The largest absolute Gasteiger partial charge is 0.308 e. The Morgan fingerprint density at radius 2 is 2.11 bits per heavy atom. The van der Waals surface area contributed by atoms with Gasteiger partial charge in [0, 0.05) is 24.2 Å². The minimum atomic E-state index is -0.110. The summed E-state index contributed by atoms with van der Waals surface area (Å²) < 4.78 is 0. The summed E-state index contributed by atoms with van der Waals surface area (Å²) in [4.78, 5) is 18.3. The molecule has 0 radical (unpaired) electrons. The van der Waals surface area contributed by atoms with Crippen molar-refractivity contribution >= 4 is 11.6 Å². The van der Waals surface area contributed by atoms with Crippen molar-refractivity contribution in [2.24, 2.45) is 0 Å². The van der Waals surface area contributed by atoms with Crippen molar-refractivity contribution in [1.82, 2.24) is 10.3 Å². The average Bonchev–Trinajstić information content (AvgIpc) is 2.32. The zero-order valence-corrected chi connectivity index (χ0v) is 11.5. The quantitative estimate of drug-likeness (QED) is 0.821. The molecule has 1 N–H and O–H groups in total. The van der Waals surface area contributed by atoms with E-state index in [0.717, 1.165) is 17.9 Å². The zero-order valence-electron chi connectivity index (χ0n) is 11.5. The second-order valence-electron chi connectivity index (χ2n) is 5.82. The molecule has 1 aliphatic rings. The summed E-state index contributed by atoms with van der Waals surface area (Å²) >= 11 is 0. The Morgan fingerprint density at radius 3 is 2.67 bits per heavy atom. The lowest BCUT2D eigenvalue weighted by Gasteiger charge is -2.31. The van der Waals surface area contributed by atoms with Gasteiger partial charge in [0.25, 0.3) is 0 Å². The van der Waals surface area contributed by atoms with Gasteiger partial charge in [0.05, 0.1) is 17.9 Å². The summed E-state index contributed by atoms with van der Waals surface area (Å²) in [6, 6.07) is 3.89. The number of carbonyl (C=O) groups is 1. The predicted molar refractivity (Wildman–Crippen MR) is 72.8 cm³/mol. The van der Waals surface area contributed by atoms with Crippen LogP contribution in [0.5, 0.6) is 0 Å². The highest BCUT2D eigenvalue weighted by Crippen LogP contribution is 2.23. The molecule has 18 heavy (non-hydrogen) atoms. The fourth-order valence-corrected chi connectivity index (χ4v) is 2.07. The molecule has 0 spiro atoms. The second kappa shape index (κ2) is 4.69. The SMILES string of the molecule is C[C@H]1NCCN(c2ccc(C(C)(C)C)nc2)C1=O. The monoisotopic (exact) mass is 247 g/mol. The van der Waals surface area contributed by atoms with Gasteiger partial charge in [0.1, 0.15) is 0 Å². The summed E-state index contributed by atoms with van der Waals surface area (Å²) in [6.07, 6.45) is 1.80. The fourth-order valence-electron chi connectivity index (χ4n) is 2.07. The molecular weight excluding hydrogens is 226 g/mol. The van der Waals surface area contributed by atoms with Crippen LogP contribution in [0.3, 0.4) is 0 Å². The van der Waals surface area contributed by atoms with E-state index in [1.54, 1.807) is 11.1 Å². The molecule has 1 aliphatic heterocycles. The van der Waals surface area contributed by atoms with Crippen molar-refractivity contribution < 1.29 is 4.79 Å². The minimum Gasteiger partial charge on any atom is -0.308 e. The van der Waals surface area contributed by atoms with E-state index in [0.29, 0.717) is 6.54 Å². The number of anilines is 1. The third kappa shape index (κ3) is 2.53. The van der Waals surface area contributed by atoms with Gasteiger partial charge >= 0.3 is 0 Å². The number of hydrogen-bond acceptors (Lipinski definition) is 3. The molecule has 0 unspecified atom stereocenters. The number of aromatic nitrogens is 1. The Kier molecular flexibility index (Phi) is 3.39. The lowest BCUT2D eigenvalue weighted by atomic mass is 9.92. The number of nitrogens with one attached hydrogen (secondary N) is 1. The highest BCUT2D eigenvalue weighted by Gasteiger charge is 2.26. The maximum absolute atomic E-state index is 12.0. The summed E-state index contributed by atoms with van der Waals surface area (Å²) in [7, 11) is 0. The number of carbonyl (C=O) groups excluding carboxylic acids is 1. The van der Waals surface area contributed by atoms with E-state index in [9.17, 15) is 4.79 Å². The molecule has 4 nitrogen and oxygen atoms in total. The zero-order chi connectivity index (χ0) is 13.3. The number of piperazine rings is 1. The molecule has 2 rings (SSSR count). The van der Waals surface area contributed by atoms with E-state index in [4.69, 9.17) is 0 Å². The first-order valence-corrected chi connectivity index (χ1v) is 6.41. The van der Waals surface area contributed by atoms with Crippen LogP contribution in [-0.4, -0.2) is 30.0 Å². The van der Waals surface area contributed by atoms with E-state index < -0.39 is 0 Å². The van der Waals surface area contributed by atoms with Gasteiger partial charge in [0.2, 0.25) is 5.91 Å². The molecule has 1 atom stereocenters. The lowest BCUT2D eigenvalue weighted by Crippen LogP contribution is -2.53. The second-order valence-corrected chi connectivity index (χ2v) is 5.82. The molecule has 4 heteroatoms. The molecule has 0 aliphatic carbocycles. The Labute approximate surface area is 108 Å². The Balaban J connectivity index is 2.22. The first kappa shape index (κ1) is 13.0. The third-order valence-corrected chi connectivity index (χ3v) is 3.25. The van der Waals surface area contributed by atoms with Crippen molar-refractivity contribution in [3.8, 4) is 0 Å². The van der Waals surface area contributed by atoms with Gasteiger partial charge in [-0.25, -0.2) is 0 Å². The topological polar surface area (TPSA) is 45.2 Å². The van der Waals surface area contributed by atoms with E-state index in [1.807, 2.05) is 19.1 Å². The van der Waals surface area contributed by atoms with Crippen molar-refractivity contribution in [3.63, 3.8) is 0 Å². The average molecular weight is 247 g/mol. The molecule has 1 amide bonds.